The molecule has 0 aromatic carbocycles. The molecule has 0 saturated carbocycles. The van der Waals surface area contributed by atoms with Crippen molar-refractivity contribution < 1.29 is 0 Å². The minimum atomic E-state index is 1.50. The highest BCUT2D eigenvalue weighted by Crippen LogP contribution is 1.67. The van der Waals surface area contributed by atoms with Gasteiger partial charge in [0.25, 0.3) is 0 Å². The third kappa shape index (κ3) is 3.34. The second-order valence-electron chi connectivity index (χ2n) is 1.31. The lowest BCUT2D eigenvalue weighted by molar-refractivity contribution is 0.562. The van der Waals surface area contributed by atoms with Crippen LogP contribution in [0.1, 0.15) is 0 Å². The van der Waals surface area contributed by atoms with Crippen molar-refractivity contribution >= 4 is 0 Å². The summed E-state index contributed by atoms with van der Waals surface area (Å²) in [6.07, 6.45) is 3.28. The summed E-state index contributed by atoms with van der Waals surface area (Å²) in [6, 6.07) is 0. The van der Waals surface area contributed by atoms with Gasteiger partial charge in [-0.05, 0) is 0 Å². The predicted octanol–water partition coefficient (Wildman–Crippen LogP) is -0.0221. The molecule has 0 unspecified atom stereocenters. The molecule has 0 bridgehead atoms. The molecule has 0 aliphatic rings. The molecule has 0 heterocycles. The summed E-state index contributed by atoms with van der Waals surface area (Å²) in [7, 11) is 3.84. The van der Waals surface area contributed by atoms with Crippen molar-refractivity contribution in [1.82, 2.24) is 4.90 Å². The summed E-state index contributed by atoms with van der Waals surface area (Å²) in [5, 5.41) is 0. The van der Waals surface area contributed by atoms with Crippen molar-refractivity contribution in [2.45, 2.75) is 0 Å². The van der Waals surface area contributed by atoms with E-state index in [1.807, 2.05) is 19.0 Å². The first-order valence-electron chi connectivity index (χ1n) is 1.82. The van der Waals surface area contributed by atoms with Gasteiger partial charge in [-0.2, -0.15) is 0 Å². The first-order chi connectivity index (χ1) is 2.77. The second-order valence-corrected chi connectivity index (χ2v) is 1.31. The number of nitrogens with zero attached hydrogens (tertiary/aromatic N) is 1. The average molecular weight is 86.1 g/mol. The molecular weight excluding hydrogens is 76.1 g/mol. The van der Waals surface area contributed by atoms with Gasteiger partial charge in [0, 0.05) is 26.5 Å². The van der Waals surface area contributed by atoms with Crippen LogP contribution in [-0.4, -0.2) is 19.0 Å². The summed E-state index contributed by atoms with van der Waals surface area (Å²) < 4.78 is 0. The highest BCUT2D eigenvalue weighted by molar-refractivity contribution is 4.70. The van der Waals surface area contributed by atoms with E-state index in [1.165, 1.54) is 6.20 Å². The Bertz CT molecular complexity index is 47.5. The molecule has 2 nitrogen and oxygen atoms in total. The maximum Gasteiger partial charge on any atom is 0.0143 e. The first kappa shape index (κ1) is 5.34. The summed E-state index contributed by atoms with van der Waals surface area (Å²) in [5.74, 6) is 0. The van der Waals surface area contributed by atoms with E-state index < -0.39 is 0 Å². The first-order valence-corrected chi connectivity index (χ1v) is 1.82. The Morgan fingerprint density at radius 1 is 1.50 bits per heavy atom. The smallest absolute Gasteiger partial charge is 0.0143 e. The number of rotatable bonds is 1. The molecule has 0 fully saturated rings. The van der Waals surface area contributed by atoms with Crippen LogP contribution in [-0.2, 0) is 0 Å². The fourth-order valence-corrected chi connectivity index (χ4v) is 0.172. The van der Waals surface area contributed by atoms with Crippen molar-refractivity contribution in [3.63, 3.8) is 0 Å². The SMILES string of the molecule is CN(C)C=CN. The lowest BCUT2D eigenvalue weighted by atomic mass is 10.8. The van der Waals surface area contributed by atoms with Gasteiger partial charge >= 0.3 is 0 Å². The average Bonchev–Trinajstić information content (AvgIpc) is 1.35. The minimum absolute atomic E-state index is 1.50. The maximum absolute atomic E-state index is 5.01. The number of hydrogen-bond acceptors (Lipinski definition) is 2. The quantitative estimate of drug-likeness (QED) is 0.486. The van der Waals surface area contributed by atoms with Crippen LogP contribution in [0.3, 0.4) is 0 Å². The molecule has 2 heteroatoms. The Kier molecular flexibility index (Phi) is 2.29. The Labute approximate surface area is 38.2 Å². The molecular formula is C4H10N2. The van der Waals surface area contributed by atoms with Crippen molar-refractivity contribution in [3.8, 4) is 0 Å². The molecule has 0 atom stereocenters. The summed E-state index contributed by atoms with van der Waals surface area (Å²) in [5.41, 5.74) is 5.01. The topological polar surface area (TPSA) is 29.3 Å². The second kappa shape index (κ2) is 2.57. The van der Waals surface area contributed by atoms with E-state index in [9.17, 15) is 0 Å². The Balaban J connectivity index is 3.03. The highest BCUT2D eigenvalue weighted by atomic mass is 15.0. The van der Waals surface area contributed by atoms with Crippen molar-refractivity contribution in [1.29, 1.82) is 0 Å². The van der Waals surface area contributed by atoms with Gasteiger partial charge in [-0.15, -0.1) is 0 Å². The molecule has 2 N–H and O–H groups in total. The third-order valence-electron chi connectivity index (χ3n) is 0.384. The van der Waals surface area contributed by atoms with Crippen molar-refractivity contribution in [2.75, 3.05) is 14.1 Å². The molecule has 6 heavy (non-hydrogen) atoms. The molecule has 0 amide bonds. The van der Waals surface area contributed by atoms with Crippen LogP contribution < -0.4 is 5.73 Å². The summed E-state index contributed by atoms with van der Waals surface area (Å²) in [6.45, 7) is 0. The van der Waals surface area contributed by atoms with E-state index in [1.54, 1.807) is 6.20 Å². The van der Waals surface area contributed by atoms with E-state index in [0.717, 1.165) is 0 Å². The van der Waals surface area contributed by atoms with Gasteiger partial charge in [0.2, 0.25) is 0 Å². The summed E-state index contributed by atoms with van der Waals surface area (Å²) >= 11 is 0. The van der Waals surface area contributed by atoms with Gasteiger partial charge in [0.05, 0.1) is 0 Å². The van der Waals surface area contributed by atoms with Crippen molar-refractivity contribution in [3.05, 3.63) is 12.4 Å². The van der Waals surface area contributed by atoms with Crippen LogP contribution in [0.25, 0.3) is 0 Å². The van der Waals surface area contributed by atoms with Gasteiger partial charge in [0.1, 0.15) is 0 Å². The zero-order chi connectivity index (χ0) is 4.99. The van der Waals surface area contributed by atoms with Gasteiger partial charge in [-0.3, -0.25) is 0 Å². The Morgan fingerprint density at radius 2 is 2.00 bits per heavy atom. The predicted molar refractivity (Wildman–Crippen MR) is 27.0 cm³/mol. The van der Waals surface area contributed by atoms with Crippen LogP contribution in [0.15, 0.2) is 12.4 Å². The summed E-state index contributed by atoms with van der Waals surface area (Å²) in [4.78, 5) is 1.88. The number of nitrogens with two attached hydrogens (primary N) is 1. The van der Waals surface area contributed by atoms with Gasteiger partial charge in [0.15, 0.2) is 0 Å². The largest absolute Gasteiger partial charge is 0.403 e. The van der Waals surface area contributed by atoms with E-state index in [2.05, 4.69) is 0 Å². The fourth-order valence-electron chi connectivity index (χ4n) is 0.172. The zero-order valence-corrected chi connectivity index (χ0v) is 4.18. The molecule has 0 saturated heterocycles. The molecule has 0 spiro atoms. The normalized spacial score (nSPS) is 9.67. The maximum atomic E-state index is 5.01. The molecule has 0 aliphatic heterocycles. The van der Waals surface area contributed by atoms with Gasteiger partial charge < -0.3 is 10.6 Å². The molecule has 0 aromatic rings. The fraction of sp³-hybridized carbons (Fsp3) is 0.500. The van der Waals surface area contributed by atoms with Gasteiger partial charge in [-0.1, -0.05) is 0 Å². The molecule has 36 valence electrons. The van der Waals surface area contributed by atoms with Crippen molar-refractivity contribution in [2.24, 2.45) is 5.73 Å². The van der Waals surface area contributed by atoms with Crippen LogP contribution in [0.5, 0.6) is 0 Å². The van der Waals surface area contributed by atoms with Crippen LogP contribution in [0.4, 0.5) is 0 Å². The van der Waals surface area contributed by atoms with E-state index in [-0.39, 0.29) is 0 Å². The Morgan fingerprint density at radius 3 is 2.00 bits per heavy atom. The van der Waals surface area contributed by atoms with Crippen LogP contribution >= 0.6 is 0 Å². The lowest BCUT2D eigenvalue weighted by Crippen LogP contribution is -2.01. The molecule has 0 aliphatic carbocycles. The number of hydrogen-bond donors (Lipinski definition) is 1. The molecule has 0 aromatic heterocycles. The van der Waals surface area contributed by atoms with Gasteiger partial charge in [-0.25, -0.2) is 0 Å². The molecule has 0 rings (SSSR count). The lowest BCUT2D eigenvalue weighted by Gasteiger charge is -1.99. The van der Waals surface area contributed by atoms with E-state index >= 15 is 0 Å². The Hall–Kier alpha value is -0.660. The highest BCUT2D eigenvalue weighted by Gasteiger charge is 1.66. The zero-order valence-electron chi connectivity index (χ0n) is 4.18. The monoisotopic (exact) mass is 86.1 g/mol. The van der Waals surface area contributed by atoms with Crippen LogP contribution in [0, 0.1) is 0 Å². The van der Waals surface area contributed by atoms with Crippen LogP contribution in [0.2, 0.25) is 0 Å². The third-order valence-corrected chi connectivity index (χ3v) is 0.384. The molecule has 0 radical (unpaired) electrons. The van der Waals surface area contributed by atoms with E-state index in [4.69, 9.17) is 5.73 Å². The van der Waals surface area contributed by atoms with E-state index in [0.29, 0.717) is 0 Å². The standard InChI is InChI=1S/C4H10N2/c1-6(2)4-3-5/h3-4H,5H2,1-2H3. The minimum Gasteiger partial charge on any atom is -0.403 e.